The van der Waals surface area contributed by atoms with Gasteiger partial charge in [-0.1, -0.05) is 25.1 Å². The minimum absolute atomic E-state index is 0.0653. The SMILES string of the molecule is CCN1CCc2nc(NC(=O)COc3ccc(Oc4ccccc4)cc3)sc2C1. The predicted octanol–water partition coefficient (Wildman–Crippen LogP) is 4.33. The Morgan fingerprint density at radius 1 is 1.10 bits per heavy atom. The Balaban J connectivity index is 1.27. The number of rotatable bonds is 7. The standard InChI is InChI=1S/C22H23N3O3S/c1-2-25-13-12-19-20(14-25)29-22(23-19)24-21(26)15-27-16-8-10-18(11-9-16)28-17-6-4-3-5-7-17/h3-11H,2,12-15H2,1H3,(H,23,24,26). The second kappa shape index (κ2) is 9.07. The molecule has 0 aliphatic carbocycles. The highest BCUT2D eigenvalue weighted by Crippen LogP contribution is 2.28. The Hall–Kier alpha value is -2.90. The minimum atomic E-state index is -0.215. The minimum Gasteiger partial charge on any atom is -0.484 e. The summed E-state index contributed by atoms with van der Waals surface area (Å²) in [6.45, 7) is 5.06. The molecule has 0 fully saturated rings. The molecule has 4 rings (SSSR count). The highest BCUT2D eigenvalue weighted by atomic mass is 32.1. The molecule has 1 N–H and O–H groups in total. The van der Waals surface area contributed by atoms with Gasteiger partial charge in [-0.3, -0.25) is 15.0 Å². The van der Waals surface area contributed by atoms with E-state index in [0.29, 0.717) is 16.6 Å². The van der Waals surface area contributed by atoms with Gasteiger partial charge in [-0.25, -0.2) is 4.98 Å². The van der Waals surface area contributed by atoms with Crippen LogP contribution in [0.2, 0.25) is 0 Å². The molecule has 0 saturated heterocycles. The van der Waals surface area contributed by atoms with Crippen LogP contribution in [-0.2, 0) is 17.8 Å². The van der Waals surface area contributed by atoms with Crippen LogP contribution in [0.5, 0.6) is 17.2 Å². The second-order valence-electron chi connectivity index (χ2n) is 6.73. The van der Waals surface area contributed by atoms with Gasteiger partial charge < -0.3 is 9.47 Å². The monoisotopic (exact) mass is 409 g/mol. The molecule has 2 aromatic carbocycles. The first-order valence-electron chi connectivity index (χ1n) is 9.66. The summed E-state index contributed by atoms with van der Waals surface area (Å²) in [5.41, 5.74) is 1.10. The summed E-state index contributed by atoms with van der Waals surface area (Å²) in [5.74, 6) is 1.88. The summed E-state index contributed by atoms with van der Waals surface area (Å²) in [4.78, 5) is 20.4. The number of anilines is 1. The van der Waals surface area contributed by atoms with Gasteiger partial charge in [0.05, 0.1) is 5.69 Å². The Morgan fingerprint density at radius 3 is 2.59 bits per heavy atom. The third-order valence-corrected chi connectivity index (χ3v) is 5.67. The van der Waals surface area contributed by atoms with Crippen LogP contribution in [0.4, 0.5) is 5.13 Å². The zero-order chi connectivity index (χ0) is 20.1. The number of likely N-dealkylation sites (N-methyl/N-ethyl adjacent to an activating group) is 1. The van der Waals surface area contributed by atoms with Crippen molar-refractivity contribution in [1.82, 2.24) is 9.88 Å². The Bertz CT molecular complexity index is 957. The summed E-state index contributed by atoms with van der Waals surface area (Å²) in [7, 11) is 0. The molecule has 0 bridgehead atoms. The molecule has 1 aliphatic heterocycles. The van der Waals surface area contributed by atoms with Crippen LogP contribution in [0.1, 0.15) is 17.5 Å². The van der Waals surface area contributed by atoms with Gasteiger partial charge in [-0.2, -0.15) is 0 Å². The number of ether oxygens (including phenoxy) is 2. The number of fused-ring (bicyclic) bond motifs is 1. The lowest BCUT2D eigenvalue weighted by Crippen LogP contribution is -2.29. The van der Waals surface area contributed by atoms with E-state index < -0.39 is 0 Å². The summed E-state index contributed by atoms with van der Waals surface area (Å²) >= 11 is 1.55. The van der Waals surface area contributed by atoms with Crippen molar-refractivity contribution in [3.8, 4) is 17.2 Å². The molecule has 0 saturated carbocycles. The highest BCUT2D eigenvalue weighted by molar-refractivity contribution is 7.15. The van der Waals surface area contributed by atoms with Crippen LogP contribution in [-0.4, -0.2) is 35.5 Å². The number of para-hydroxylation sites is 1. The van der Waals surface area contributed by atoms with Gasteiger partial charge in [0, 0.05) is 24.4 Å². The van der Waals surface area contributed by atoms with E-state index in [9.17, 15) is 4.79 Å². The topological polar surface area (TPSA) is 63.7 Å². The highest BCUT2D eigenvalue weighted by Gasteiger charge is 2.20. The molecule has 0 unspecified atom stereocenters. The molecule has 29 heavy (non-hydrogen) atoms. The van der Waals surface area contributed by atoms with Crippen LogP contribution >= 0.6 is 11.3 Å². The quantitative estimate of drug-likeness (QED) is 0.629. The largest absolute Gasteiger partial charge is 0.484 e. The molecule has 150 valence electrons. The van der Waals surface area contributed by atoms with Crippen LogP contribution in [0, 0.1) is 0 Å². The molecule has 0 atom stereocenters. The zero-order valence-corrected chi connectivity index (χ0v) is 17.1. The first-order chi connectivity index (χ1) is 14.2. The van der Waals surface area contributed by atoms with Crippen LogP contribution < -0.4 is 14.8 Å². The number of nitrogens with zero attached hydrogens (tertiary/aromatic N) is 2. The lowest BCUT2D eigenvalue weighted by atomic mass is 10.2. The Kier molecular flexibility index (Phi) is 6.07. The number of nitrogens with one attached hydrogen (secondary N) is 1. The van der Waals surface area contributed by atoms with Gasteiger partial charge in [0.1, 0.15) is 17.2 Å². The van der Waals surface area contributed by atoms with Crippen molar-refractivity contribution >= 4 is 22.4 Å². The van der Waals surface area contributed by atoms with Crippen molar-refractivity contribution in [2.45, 2.75) is 19.9 Å². The molecule has 1 amide bonds. The fraction of sp³-hybridized carbons (Fsp3) is 0.273. The van der Waals surface area contributed by atoms with Crippen LogP contribution in [0.3, 0.4) is 0 Å². The van der Waals surface area contributed by atoms with E-state index in [-0.39, 0.29) is 12.5 Å². The zero-order valence-electron chi connectivity index (χ0n) is 16.3. The van der Waals surface area contributed by atoms with E-state index in [0.717, 1.165) is 37.5 Å². The Morgan fingerprint density at radius 2 is 1.83 bits per heavy atom. The summed E-state index contributed by atoms with van der Waals surface area (Å²) in [5, 5.41) is 3.49. The van der Waals surface area contributed by atoms with Crippen molar-refractivity contribution < 1.29 is 14.3 Å². The number of amides is 1. The molecule has 7 heteroatoms. The lowest BCUT2D eigenvalue weighted by molar-refractivity contribution is -0.118. The van der Waals surface area contributed by atoms with E-state index in [1.54, 1.807) is 23.5 Å². The van der Waals surface area contributed by atoms with Crippen molar-refractivity contribution in [2.24, 2.45) is 0 Å². The van der Waals surface area contributed by atoms with Crippen molar-refractivity contribution in [1.29, 1.82) is 0 Å². The number of carbonyl (C=O) groups is 1. The number of hydrogen-bond acceptors (Lipinski definition) is 6. The van der Waals surface area contributed by atoms with E-state index in [2.05, 4.69) is 22.1 Å². The van der Waals surface area contributed by atoms with Gasteiger partial charge in [-0.15, -0.1) is 11.3 Å². The van der Waals surface area contributed by atoms with Crippen LogP contribution in [0.25, 0.3) is 0 Å². The number of thiazole rings is 1. The summed E-state index contributed by atoms with van der Waals surface area (Å²) in [6.07, 6.45) is 0.934. The number of carbonyl (C=O) groups excluding carboxylic acids is 1. The molecule has 0 radical (unpaired) electrons. The fourth-order valence-corrected chi connectivity index (χ4v) is 4.17. The average molecular weight is 410 g/mol. The maximum absolute atomic E-state index is 12.2. The molecule has 3 aromatic rings. The van der Waals surface area contributed by atoms with E-state index in [1.807, 2.05) is 42.5 Å². The first-order valence-corrected chi connectivity index (χ1v) is 10.5. The average Bonchev–Trinajstić information content (AvgIpc) is 3.15. The van der Waals surface area contributed by atoms with Crippen molar-refractivity contribution in [3.63, 3.8) is 0 Å². The normalized spacial score (nSPS) is 13.6. The number of benzene rings is 2. The van der Waals surface area contributed by atoms with Gasteiger partial charge in [-0.05, 0) is 42.9 Å². The van der Waals surface area contributed by atoms with Crippen molar-refractivity contribution in [3.05, 3.63) is 65.2 Å². The molecule has 6 nitrogen and oxygen atoms in total. The van der Waals surface area contributed by atoms with Gasteiger partial charge >= 0.3 is 0 Å². The third kappa shape index (κ3) is 5.13. The van der Waals surface area contributed by atoms with Crippen LogP contribution in [0.15, 0.2) is 54.6 Å². The van der Waals surface area contributed by atoms with Gasteiger partial charge in [0.2, 0.25) is 0 Å². The third-order valence-electron chi connectivity index (χ3n) is 4.68. The maximum atomic E-state index is 12.2. The molecule has 2 heterocycles. The first kappa shape index (κ1) is 19.4. The second-order valence-corrected chi connectivity index (χ2v) is 7.81. The molecular weight excluding hydrogens is 386 g/mol. The predicted molar refractivity (Wildman–Crippen MR) is 114 cm³/mol. The number of aromatic nitrogens is 1. The summed E-state index contributed by atoms with van der Waals surface area (Å²) in [6, 6.07) is 16.8. The van der Waals surface area contributed by atoms with E-state index in [4.69, 9.17) is 9.47 Å². The van der Waals surface area contributed by atoms with Gasteiger partial charge in [0.25, 0.3) is 5.91 Å². The Labute approximate surface area is 174 Å². The van der Waals surface area contributed by atoms with E-state index in [1.165, 1.54) is 4.88 Å². The smallest absolute Gasteiger partial charge is 0.264 e. The molecule has 0 spiro atoms. The molecular formula is C22H23N3O3S. The van der Waals surface area contributed by atoms with Crippen molar-refractivity contribution in [2.75, 3.05) is 25.0 Å². The summed E-state index contributed by atoms with van der Waals surface area (Å²) < 4.78 is 11.3. The number of hydrogen-bond donors (Lipinski definition) is 1. The fourth-order valence-electron chi connectivity index (χ4n) is 3.10. The lowest BCUT2D eigenvalue weighted by Gasteiger charge is -2.23. The molecule has 1 aliphatic rings. The molecule has 1 aromatic heterocycles. The van der Waals surface area contributed by atoms with Gasteiger partial charge in [0.15, 0.2) is 11.7 Å². The van der Waals surface area contributed by atoms with E-state index >= 15 is 0 Å². The maximum Gasteiger partial charge on any atom is 0.264 e.